The molecule has 14 rings (SSSR count). The van der Waals surface area contributed by atoms with Gasteiger partial charge in [0.2, 0.25) is 0 Å². The van der Waals surface area contributed by atoms with E-state index in [1.54, 1.807) is 0 Å². The summed E-state index contributed by atoms with van der Waals surface area (Å²) in [6, 6.07) is 96.7. The van der Waals surface area contributed by atoms with Crippen molar-refractivity contribution in [2.75, 3.05) is 4.90 Å². The number of furan rings is 1. The smallest absolute Gasteiger partial charge is 0.143 e. The summed E-state index contributed by atoms with van der Waals surface area (Å²) in [4.78, 5) is 2.37. The van der Waals surface area contributed by atoms with Gasteiger partial charge < -0.3 is 13.9 Å². The van der Waals surface area contributed by atoms with E-state index >= 15 is 0 Å². The van der Waals surface area contributed by atoms with E-state index in [9.17, 15) is 0 Å². The molecule has 0 radical (unpaired) electrons. The lowest BCUT2D eigenvalue weighted by Gasteiger charge is -2.26. The van der Waals surface area contributed by atoms with Crippen LogP contribution in [0.25, 0.3) is 115 Å². The number of para-hydroxylation sites is 2. The zero-order valence-corrected chi connectivity index (χ0v) is 38.7. The number of benzene rings is 12. The standard InChI is InChI=1S/C68H44N2O/c1-2-15-49-42-53(30-29-45(49)13-1)51-17-9-16-50(41-51)46-31-36-55(37-32-46)69(57-20-11-19-54(44-57)59-25-12-28-66-67(59)63-40-35-48-14-3-4-22-60(48)68(63)71-66)56-38-33-47(34-39-56)52-18-10-21-58(43-52)70-64-26-7-5-23-61(64)62-24-6-8-27-65(62)70/h1-44H. The first-order chi connectivity index (χ1) is 35.2. The number of hydrogen-bond acceptors (Lipinski definition) is 2. The van der Waals surface area contributed by atoms with Gasteiger partial charge in [-0.25, -0.2) is 0 Å². The van der Waals surface area contributed by atoms with Crippen molar-refractivity contribution in [2.45, 2.75) is 0 Å². The molecule has 332 valence electrons. The minimum atomic E-state index is 0.884. The molecule has 3 heteroatoms. The highest BCUT2D eigenvalue weighted by molar-refractivity contribution is 6.19. The molecule has 0 saturated heterocycles. The van der Waals surface area contributed by atoms with Crippen molar-refractivity contribution in [3.8, 4) is 50.2 Å². The second-order valence-corrected chi connectivity index (χ2v) is 18.5. The summed E-state index contributed by atoms with van der Waals surface area (Å²) < 4.78 is 9.03. The van der Waals surface area contributed by atoms with Gasteiger partial charge in [0.1, 0.15) is 11.2 Å². The molecule has 0 aliphatic rings. The van der Waals surface area contributed by atoms with Crippen LogP contribution in [0.3, 0.4) is 0 Å². The van der Waals surface area contributed by atoms with E-state index in [2.05, 4.69) is 276 Å². The maximum absolute atomic E-state index is 6.64. The van der Waals surface area contributed by atoms with Crippen LogP contribution in [0.15, 0.2) is 271 Å². The third kappa shape index (κ3) is 6.97. The summed E-state index contributed by atoms with van der Waals surface area (Å²) in [6.07, 6.45) is 0. The largest absolute Gasteiger partial charge is 0.455 e. The summed E-state index contributed by atoms with van der Waals surface area (Å²) >= 11 is 0. The average molecular weight is 905 g/mol. The van der Waals surface area contributed by atoms with E-state index in [0.29, 0.717) is 0 Å². The Morgan fingerprint density at radius 1 is 0.296 bits per heavy atom. The predicted octanol–water partition coefficient (Wildman–Crippen LogP) is 19.1. The van der Waals surface area contributed by atoms with E-state index in [0.717, 1.165) is 77.9 Å². The number of anilines is 3. The Morgan fingerprint density at radius 2 is 0.831 bits per heavy atom. The molecule has 3 nitrogen and oxygen atoms in total. The Hall–Kier alpha value is -9.44. The quantitative estimate of drug-likeness (QED) is 0.151. The molecule has 0 unspecified atom stereocenters. The van der Waals surface area contributed by atoms with E-state index in [4.69, 9.17) is 4.42 Å². The number of aromatic nitrogens is 1. The highest BCUT2D eigenvalue weighted by Gasteiger charge is 2.19. The van der Waals surface area contributed by atoms with E-state index in [1.165, 1.54) is 54.7 Å². The number of nitrogens with zero attached hydrogens (tertiary/aromatic N) is 2. The summed E-state index contributed by atoms with van der Waals surface area (Å²) in [6.45, 7) is 0. The van der Waals surface area contributed by atoms with Crippen molar-refractivity contribution in [1.82, 2.24) is 4.57 Å². The Kier molecular flexibility index (Phi) is 9.53. The van der Waals surface area contributed by atoms with Crippen molar-refractivity contribution in [1.29, 1.82) is 0 Å². The van der Waals surface area contributed by atoms with Crippen LogP contribution >= 0.6 is 0 Å². The monoisotopic (exact) mass is 904 g/mol. The number of hydrogen-bond donors (Lipinski definition) is 0. The zero-order valence-electron chi connectivity index (χ0n) is 38.7. The van der Waals surface area contributed by atoms with Crippen molar-refractivity contribution >= 4 is 82.4 Å². The molecular formula is C68H44N2O. The van der Waals surface area contributed by atoms with Gasteiger partial charge in [0.15, 0.2) is 0 Å². The molecule has 0 saturated carbocycles. The lowest BCUT2D eigenvalue weighted by atomic mass is 9.97. The molecule has 0 N–H and O–H groups in total. The molecule has 71 heavy (non-hydrogen) atoms. The van der Waals surface area contributed by atoms with Crippen LogP contribution in [0.1, 0.15) is 0 Å². The minimum Gasteiger partial charge on any atom is -0.455 e. The van der Waals surface area contributed by atoms with Gasteiger partial charge in [0, 0.05) is 49.7 Å². The van der Waals surface area contributed by atoms with Gasteiger partial charge >= 0.3 is 0 Å². The highest BCUT2D eigenvalue weighted by Crippen LogP contribution is 2.43. The summed E-state index contributed by atoms with van der Waals surface area (Å²) in [7, 11) is 0. The third-order valence-corrected chi connectivity index (χ3v) is 14.4. The van der Waals surface area contributed by atoms with Crippen molar-refractivity contribution in [3.05, 3.63) is 267 Å². The average Bonchev–Trinajstić information content (AvgIpc) is 4.00. The normalized spacial score (nSPS) is 11.7. The van der Waals surface area contributed by atoms with Gasteiger partial charge in [-0.2, -0.15) is 0 Å². The van der Waals surface area contributed by atoms with Gasteiger partial charge in [-0.3, -0.25) is 0 Å². The van der Waals surface area contributed by atoms with Crippen molar-refractivity contribution in [2.24, 2.45) is 0 Å². The highest BCUT2D eigenvalue weighted by atomic mass is 16.3. The topological polar surface area (TPSA) is 21.3 Å². The molecule has 0 amide bonds. The fraction of sp³-hybridized carbons (Fsp3) is 0. The third-order valence-electron chi connectivity index (χ3n) is 14.4. The lowest BCUT2D eigenvalue weighted by molar-refractivity contribution is 0.673. The first kappa shape index (κ1) is 40.6. The number of fused-ring (bicyclic) bond motifs is 9. The molecule has 2 aromatic heterocycles. The Morgan fingerprint density at radius 3 is 1.56 bits per heavy atom. The van der Waals surface area contributed by atoms with E-state index < -0.39 is 0 Å². The van der Waals surface area contributed by atoms with Gasteiger partial charge in [-0.1, -0.05) is 182 Å². The fourth-order valence-electron chi connectivity index (χ4n) is 10.9. The maximum Gasteiger partial charge on any atom is 0.143 e. The van der Waals surface area contributed by atoms with Crippen LogP contribution in [0.5, 0.6) is 0 Å². The lowest BCUT2D eigenvalue weighted by Crippen LogP contribution is -2.10. The van der Waals surface area contributed by atoms with Crippen LogP contribution in [-0.4, -0.2) is 4.57 Å². The first-order valence-electron chi connectivity index (χ1n) is 24.3. The van der Waals surface area contributed by atoms with E-state index in [1.807, 2.05) is 0 Å². The molecule has 12 aromatic carbocycles. The van der Waals surface area contributed by atoms with Gasteiger partial charge in [0.05, 0.1) is 11.0 Å². The molecule has 14 aromatic rings. The molecule has 0 aliphatic heterocycles. The number of rotatable bonds is 8. The summed E-state index contributed by atoms with van der Waals surface area (Å²) in [5.41, 5.74) is 17.9. The molecule has 0 atom stereocenters. The summed E-state index contributed by atoms with van der Waals surface area (Å²) in [5.74, 6) is 0. The summed E-state index contributed by atoms with van der Waals surface area (Å²) in [5, 5.41) is 9.54. The Balaban J connectivity index is 0.863. The van der Waals surface area contributed by atoms with Gasteiger partial charge in [-0.15, -0.1) is 0 Å². The molecule has 0 aliphatic carbocycles. The van der Waals surface area contributed by atoms with Crippen LogP contribution in [0.4, 0.5) is 17.1 Å². The fourth-order valence-corrected chi connectivity index (χ4v) is 10.9. The molecular weight excluding hydrogens is 861 g/mol. The van der Waals surface area contributed by atoms with Crippen molar-refractivity contribution in [3.63, 3.8) is 0 Å². The first-order valence-corrected chi connectivity index (χ1v) is 24.3. The Labute approximate surface area is 411 Å². The van der Waals surface area contributed by atoms with Crippen LogP contribution in [0.2, 0.25) is 0 Å². The van der Waals surface area contributed by atoms with Crippen LogP contribution in [0, 0.1) is 0 Å². The Bertz CT molecular complexity index is 4290. The van der Waals surface area contributed by atoms with Crippen LogP contribution in [-0.2, 0) is 0 Å². The minimum absolute atomic E-state index is 0.884. The SMILES string of the molecule is c1cc(-c2ccc(N(c3ccc(-c4cccc(-n5c6ccccc6c6ccccc65)c4)cc3)c3cccc(-c4cccc5oc6c7ccccc7ccc6c45)c3)cc2)cc(-c2ccc3ccccc3c2)c1. The molecule has 2 heterocycles. The second-order valence-electron chi connectivity index (χ2n) is 18.5. The van der Waals surface area contributed by atoms with E-state index in [-0.39, 0.29) is 0 Å². The second kappa shape index (κ2) is 16.7. The van der Waals surface area contributed by atoms with Gasteiger partial charge in [-0.05, 0) is 146 Å². The zero-order chi connectivity index (χ0) is 46.8. The molecule has 0 spiro atoms. The molecule has 0 bridgehead atoms. The maximum atomic E-state index is 6.64. The van der Waals surface area contributed by atoms with Crippen LogP contribution < -0.4 is 4.90 Å². The van der Waals surface area contributed by atoms with Gasteiger partial charge in [0.25, 0.3) is 0 Å². The van der Waals surface area contributed by atoms with Crippen molar-refractivity contribution < 1.29 is 4.42 Å². The molecule has 0 fully saturated rings. The predicted molar refractivity (Wildman–Crippen MR) is 299 cm³/mol.